The molecule has 96 valence electrons. The Kier molecular flexibility index (Phi) is 4.52. The van der Waals surface area contributed by atoms with Gasteiger partial charge in [0.2, 0.25) is 0 Å². The van der Waals surface area contributed by atoms with Crippen LogP contribution in [-0.4, -0.2) is 11.2 Å². The number of hydrogen-bond acceptors (Lipinski definition) is 2. The van der Waals surface area contributed by atoms with Gasteiger partial charge in [0.1, 0.15) is 6.10 Å². The molecule has 18 heavy (non-hydrogen) atoms. The third-order valence-corrected chi connectivity index (χ3v) is 4.73. The smallest absolute Gasteiger partial charge is 0.117 e. The quantitative estimate of drug-likeness (QED) is 0.496. The molecule has 0 aliphatic heterocycles. The molecule has 0 aromatic heterocycles. The molecule has 3 heteroatoms. The van der Waals surface area contributed by atoms with Crippen LogP contribution < -0.4 is 5.73 Å². The molecule has 1 aromatic rings. The van der Waals surface area contributed by atoms with Crippen LogP contribution >= 0.6 is 22.6 Å². The first-order valence-corrected chi connectivity index (χ1v) is 7.36. The monoisotopic (exact) mass is 355 g/mol. The number of hydrogen-bond donors (Lipinski definition) is 2. The average Bonchev–Trinajstić information content (AvgIpc) is 2.31. The molecule has 1 aliphatic rings. The van der Waals surface area contributed by atoms with Crippen LogP contribution in [0.1, 0.15) is 24.8 Å². The number of aliphatic hydroxyl groups excluding tert-OH is 1. The molecule has 1 aliphatic carbocycles. The molecule has 1 atom stereocenters. The molecule has 1 aromatic carbocycles. The number of aliphatic hydroxyl groups is 1. The lowest BCUT2D eigenvalue weighted by molar-refractivity contribution is 0.0610. The van der Waals surface area contributed by atoms with Crippen LogP contribution in [0, 0.1) is 27.7 Å². The fraction of sp³-hybridized carbons (Fsp3) is 0.467. The van der Waals surface area contributed by atoms with Gasteiger partial charge in [0.25, 0.3) is 0 Å². The number of aryl methyl sites for hydroxylation is 1. The first kappa shape index (κ1) is 13.7. The zero-order valence-corrected chi connectivity index (χ0v) is 12.4. The molecule has 0 spiro atoms. The largest absolute Gasteiger partial charge is 0.398 e. The second kappa shape index (κ2) is 5.94. The SMILES string of the molecule is C#CC(O)C1CC(CCc2ccc(N)c(I)c2)C1. The van der Waals surface area contributed by atoms with Gasteiger partial charge in [-0.3, -0.25) is 0 Å². The molecule has 0 saturated heterocycles. The molecule has 0 amide bonds. The van der Waals surface area contributed by atoms with Crippen molar-refractivity contribution in [2.45, 2.75) is 31.8 Å². The van der Waals surface area contributed by atoms with Gasteiger partial charge in [-0.05, 0) is 77.8 Å². The lowest BCUT2D eigenvalue weighted by atomic mass is 9.70. The van der Waals surface area contributed by atoms with Gasteiger partial charge in [-0.1, -0.05) is 12.0 Å². The molecular weight excluding hydrogens is 337 g/mol. The Hall–Kier alpha value is -0.730. The standard InChI is InChI=1S/C15H18INO/c1-2-15(18)12-7-11(8-12)4-3-10-5-6-14(17)13(16)9-10/h1,5-6,9,11-12,15,18H,3-4,7-8,17H2. The number of nitrogen functional groups attached to an aromatic ring is 1. The maximum Gasteiger partial charge on any atom is 0.117 e. The van der Waals surface area contributed by atoms with Crippen molar-refractivity contribution in [1.82, 2.24) is 0 Å². The van der Waals surface area contributed by atoms with E-state index in [-0.39, 0.29) is 0 Å². The number of terminal acetylenes is 1. The minimum Gasteiger partial charge on any atom is -0.398 e. The molecule has 0 radical (unpaired) electrons. The average molecular weight is 355 g/mol. The van der Waals surface area contributed by atoms with Gasteiger partial charge in [-0.2, -0.15) is 0 Å². The summed E-state index contributed by atoms with van der Waals surface area (Å²) in [5, 5.41) is 9.50. The minimum absolute atomic E-state index is 0.326. The highest BCUT2D eigenvalue weighted by Crippen LogP contribution is 2.38. The summed E-state index contributed by atoms with van der Waals surface area (Å²) in [5.74, 6) is 3.46. The van der Waals surface area contributed by atoms with Gasteiger partial charge < -0.3 is 10.8 Å². The summed E-state index contributed by atoms with van der Waals surface area (Å²) in [5.41, 5.74) is 7.98. The van der Waals surface area contributed by atoms with Crippen LogP contribution in [0.15, 0.2) is 18.2 Å². The number of nitrogens with two attached hydrogens (primary N) is 1. The molecule has 1 saturated carbocycles. The highest BCUT2D eigenvalue weighted by atomic mass is 127. The van der Waals surface area contributed by atoms with E-state index in [1.165, 1.54) is 12.0 Å². The van der Waals surface area contributed by atoms with Crippen molar-refractivity contribution in [2.75, 3.05) is 5.73 Å². The number of benzene rings is 1. The summed E-state index contributed by atoms with van der Waals surface area (Å²) >= 11 is 2.27. The van der Waals surface area contributed by atoms with Crippen LogP contribution in [0.2, 0.25) is 0 Å². The Bertz CT molecular complexity index is 460. The van der Waals surface area contributed by atoms with Gasteiger partial charge in [0.15, 0.2) is 0 Å². The lowest BCUT2D eigenvalue weighted by Crippen LogP contribution is -2.32. The Labute approximate surface area is 122 Å². The number of anilines is 1. The van der Waals surface area contributed by atoms with E-state index in [2.05, 4.69) is 40.6 Å². The summed E-state index contributed by atoms with van der Waals surface area (Å²) in [6.07, 6.45) is 9.06. The third-order valence-electron chi connectivity index (χ3n) is 3.80. The van der Waals surface area contributed by atoms with E-state index < -0.39 is 6.10 Å². The maximum atomic E-state index is 9.50. The fourth-order valence-electron chi connectivity index (χ4n) is 2.51. The minimum atomic E-state index is -0.543. The van der Waals surface area contributed by atoms with E-state index in [1.807, 2.05) is 6.07 Å². The van der Waals surface area contributed by atoms with E-state index in [4.69, 9.17) is 12.2 Å². The highest BCUT2D eigenvalue weighted by molar-refractivity contribution is 14.1. The molecule has 3 N–H and O–H groups in total. The van der Waals surface area contributed by atoms with Crippen LogP contribution in [0.3, 0.4) is 0 Å². The third kappa shape index (κ3) is 3.18. The Morgan fingerprint density at radius 2 is 2.22 bits per heavy atom. The van der Waals surface area contributed by atoms with Crippen molar-refractivity contribution < 1.29 is 5.11 Å². The van der Waals surface area contributed by atoms with E-state index >= 15 is 0 Å². The Morgan fingerprint density at radius 3 is 2.83 bits per heavy atom. The van der Waals surface area contributed by atoms with Crippen LogP contribution in [-0.2, 0) is 6.42 Å². The summed E-state index contributed by atoms with van der Waals surface area (Å²) in [7, 11) is 0. The van der Waals surface area contributed by atoms with Crippen molar-refractivity contribution in [3.8, 4) is 12.3 Å². The molecule has 0 heterocycles. The molecular formula is C15H18INO. The van der Waals surface area contributed by atoms with Gasteiger partial charge in [-0.15, -0.1) is 6.42 Å². The van der Waals surface area contributed by atoms with Gasteiger partial charge in [0.05, 0.1) is 0 Å². The van der Waals surface area contributed by atoms with E-state index in [0.717, 1.165) is 28.5 Å². The van der Waals surface area contributed by atoms with Crippen LogP contribution in [0.5, 0.6) is 0 Å². The van der Waals surface area contributed by atoms with Gasteiger partial charge in [-0.25, -0.2) is 0 Å². The van der Waals surface area contributed by atoms with Crippen molar-refractivity contribution in [1.29, 1.82) is 0 Å². The van der Waals surface area contributed by atoms with Crippen molar-refractivity contribution in [3.63, 3.8) is 0 Å². The van der Waals surface area contributed by atoms with Crippen molar-refractivity contribution in [3.05, 3.63) is 27.3 Å². The van der Waals surface area contributed by atoms with Crippen LogP contribution in [0.25, 0.3) is 0 Å². The van der Waals surface area contributed by atoms with E-state index in [9.17, 15) is 5.11 Å². The molecule has 0 bridgehead atoms. The first-order valence-electron chi connectivity index (χ1n) is 6.28. The van der Waals surface area contributed by atoms with E-state index in [0.29, 0.717) is 11.8 Å². The molecule has 1 fully saturated rings. The summed E-state index contributed by atoms with van der Waals surface area (Å²) in [6, 6.07) is 6.23. The van der Waals surface area contributed by atoms with Gasteiger partial charge >= 0.3 is 0 Å². The molecule has 1 unspecified atom stereocenters. The topological polar surface area (TPSA) is 46.2 Å². The predicted molar refractivity (Wildman–Crippen MR) is 82.9 cm³/mol. The second-order valence-electron chi connectivity index (χ2n) is 5.10. The maximum absolute atomic E-state index is 9.50. The summed E-state index contributed by atoms with van der Waals surface area (Å²) < 4.78 is 1.12. The summed E-state index contributed by atoms with van der Waals surface area (Å²) in [4.78, 5) is 0. The predicted octanol–water partition coefficient (Wildman–Crippen LogP) is 2.83. The lowest BCUT2D eigenvalue weighted by Gasteiger charge is -2.36. The fourth-order valence-corrected chi connectivity index (χ4v) is 3.09. The normalized spacial score (nSPS) is 24.1. The Balaban J connectivity index is 1.77. The summed E-state index contributed by atoms with van der Waals surface area (Å²) in [6.45, 7) is 0. The number of halogens is 1. The Morgan fingerprint density at radius 1 is 1.50 bits per heavy atom. The molecule has 2 rings (SSSR count). The van der Waals surface area contributed by atoms with Gasteiger partial charge in [0, 0.05) is 9.26 Å². The van der Waals surface area contributed by atoms with Crippen molar-refractivity contribution in [2.24, 2.45) is 11.8 Å². The highest BCUT2D eigenvalue weighted by Gasteiger charge is 2.32. The van der Waals surface area contributed by atoms with Crippen molar-refractivity contribution >= 4 is 28.3 Å². The second-order valence-corrected chi connectivity index (χ2v) is 6.27. The molecule has 2 nitrogen and oxygen atoms in total. The van der Waals surface area contributed by atoms with Crippen LogP contribution in [0.4, 0.5) is 5.69 Å². The zero-order valence-electron chi connectivity index (χ0n) is 10.3. The zero-order chi connectivity index (χ0) is 13.1. The number of rotatable bonds is 4. The van der Waals surface area contributed by atoms with E-state index in [1.54, 1.807) is 0 Å². The first-order chi connectivity index (χ1) is 8.60.